The molecule has 1 fully saturated rings. The zero-order valence-corrected chi connectivity index (χ0v) is 17.7. The fourth-order valence-corrected chi connectivity index (χ4v) is 5.25. The van der Waals surface area contributed by atoms with Gasteiger partial charge < -0.3 is 9.64 Å². The van der Waals surface area contributed by atoms with Crippen LogP contribution in [0.5, 0.6) is 0 Å². The quantitative estimate of drug-likeness (QED) is 0.692. The molecule has 3 aliphatic heterocycles. The molecule has 30 heavy (non-hydrogen) atoms. The lowest BCUT2D eigenvalue weighted by atomic mass is 10.00. The highest BCUT2D eigenvalue weighted by atomic mass is 32.1. The van der Waals surface area contributed by atoms with Gasteiger partial charge in [-0.1, -0.05) is 24.3 Å². The molecule has 1 aromatic heterocycles. The number of benzene rings is 1. The van der Waals surface area contributed by atoms with Crippen molar-refractivity contribution in [2.24, 2.45) is 0 Å². The highest BCUT2D eigenvalue weighted by molar-refractivity contribution is 7.11. The van der Waals surface area contributed by atoms with Crippen molar-refractivity contribution in [3.05, 3.63) is 57.9 Å². The molecule has 156 valence electrons. The Hall–Kier alpha value is -2.48. The van der Waals surface area contributed by atoms with Crippen molar-refractivity contribution in [2.75, 3.05) is 50.8 Å². The zero-order chi connectivity index (χ0) is 20.5. The van der Waals surface area contributed by atoms with Gasteiger partial charge in [-0.05, 0) is 35.9 Å². The molecule has 7 heteroatoms. The Labute approximate surface area is 180 Å². The molecule has 0 spiro atoms. The average Bonchev–Trinajstić information content (AvgIpc) is 3.39. The Kier molecular flexibility index (Phi) is 5.41. The zero-order valence-electron chi connectivity index (χ0n) is 16.9. The van der Waals surface area contributed by atoms with Crippen LogP contribution in [0.2, 0.25) is 0 Å². The van der Waals surface area contributed by atoms with Gasteiger partial charge in [-0.25, -0.2) is 0 Å². The molecule has 0 atom stereocenters. The molecule has 0 saturated carbocycles. The first-order valence-corrected chi connectivity index (χ1v) is 11.4. The number of aryl methyl sites for hydroxylation is 1. The smallest absolute Gasteiger partial charge is 0.278 e. The van der Waals surface area contributed by atoms with Crippen molar-refractivity contribution in [1.29, 1.82) is 0 Å². The van der Waals surface area contributed by atoms with Gasteiger partial charge in [0.2, 0.25) is 0 Å². The minimum absolute atomic E-state index is 0.172. The number of para-hydroxylation sites is 1. The number of ether oxygens (including phenoxy) is 1. The Bertz CT molecular complexity index is 979. The van der Waals surface area contributed by atoms with Crippen LogP contribution in [0, 0.1) is 0 Å². The second-order valence-electron chi connectivity index (χ2n) is 7.80. The first-order chi connectivity index (χ1) is 14.7. The lowest BCUT2D eigenvalue weighted by molar-refractivity contribution is -0.137. The van der Waals surface area contributed by atoms with Crippen molar-refractivity contribution >= 4 is 34.4 Å². The summed E-state index contributed by atoms with van der Waals surface area (Å²) in [5, 5.41) is 1.96. The van der Waals surface area contributed by atoms with Gasteiger partial charge in [0.1, 0.15) is 5.70 Å². The van der Waals surface area contributed by atoms with E-state index in [0.29, 0.717) is 37.6 Å². The summed E-state index contributed by atoms with van der Waals surface area (Å²) in [6, 6.07) is 12.1. The van der Waals surface area contributed by atoms with Crippen LogP contribution in [-0.2, 0) is 20.7 Å². The number of thiophene rings is 1. The molecule has 5 rings (SSSR count). The largest absolute Gasteiger partial charge is 0.379 e. The van der Waals surface area contributed by atoms with Gasteiger partial charge in [-0.15, -0.1) is 11.3 Å². The number of rotatable bonds is 5. The van der Waals surface area contributed by atoms with Crippen LogP contribution in [0.4, 0.5) is 5.69 Å². The highest BCUT2D eigenvalue weighted by Crippen LogP contribution is 2.38. The molecule has 2 amide bonds. The lowest BCUT2D eigenvalue weighted by Gasteiger charge is -2.32. The Balaban J connectivity index is 1.48. The third kappa shape index (κ3) is 3.47. The topological polar surface area (TPSA) is 53.1 Å². The van der Waals surface area contributed by atoms with E-state index in [1.165, 1.54) is 21.8 Å². The molecule has 3 aliphatic rings. The van der Waals surface area contributed by atoms with E-state index in [9.17, 15) is 9.59 Å². The number of carbonyl (C=O) groups is 2. The van der Waals surface area contributed by atoms with Crippen molar-refractivity contribution in [1.82, 2.24) is 9.80 Å². The van der Waals surface area contributed by atoms with Crippen LogP contribution >= 0.6 is 11.3 Å². The maximum atomic E-state index is 13.6. The molecule has 0 bridgehead atoms. The summed E-state index contributed by atoms with van der Waals surface area (Å²) in [6.45, 7) is 4.93. The van der Waals surface area contributed by atoms with E-state index in [-0.39, 0.29) is 11.8 Å². The lowest BCUT2D eigenvalue weighted by Crippen LogP contribution is -2.44. The van der Waals surface area contributed by atoms with Gasteiger partial charge in [0, 0.05) is 43.3 Å². The third-order valence-electron chi connectivity index (χ3n) is 6.03. The summed E-state index contributed by atoms with van der Waals surface area (Å²) in [5.74, 6) is -0.345. The summed E-state index contributed by atoms with van der Waals surface area (Å²) >= 11 is 1.51. The first kappa shape index (κ1) is 19.5. The normalized spacial score (nSPS) is 20.3. The number of carbonyl (C=O) groups excluding carboxylic acids is 2. The Morgan fingerprint density at radius 1 is 0.933 bits per heavy atom. The van der Waals surface area contributed by atoms with Crippen LogP contribution in [0.1, 0.15) is 16.9 Å². The number of hydrogen-bond donors (Lipinski definition) is 0. The minimum atomic E-state index is -0.173. The van der Waals surface area contributed by atoms with Crippen LogP contribution < -0.4 is 4.90 Å². The Morgan fingerprint density at radius 3 is 2.57 bits per heavy atom. The van der Waals surface area contributed by atoms with Gasteiger partial charge in [0.25, 0.3) is 11.8 Å². The van der Waals surface area contributed by atoms with Crippen molar-refractivity contribution in [3.63, 3.8) is 0 Å². The highest BCUT2D eigenvalue weighted by Gasteiger charge is 2.43. The van der Waals surface area contributed by atoms with Crippen LogP contribution in [0.15, 0.2) is 47.5 Å². The summed E-state index contributed by atoms with van der Waals surface area (Å²) in [7, 11) is 0. The predicted octanol–water partition coefficient (Wildman–Crippen LogP) is 2.61. The summed E-state index contributed by atoms with van der Waals surface area (Å²) < 4.78 is 5.41. The molecule has 6 nitrogen and oxygen atoms in total. The number of hydrogen-bond acceptors (Lipinski definition) is 6. The van der Waals surface area contributed by atoms with E-state index in [0.717, 1.165) is 43.0 Å². The third-order valence-corrected chi connectivity index (χ3v) is 6.92. The number of amides is 2. The van der Waals surface area contributed by atoms with Crippen molar-refractivity contribution < 1.29 is 14.3 Å². The SMILES string of the molecule is O=C1C(c2cccs2)=C(N2CCCc3ccccc32)C(=O)N1CCN1CCOCC1. The summed E-state index contributed by atoms with van der Waals surface area (Å²) in [4.78, 5) is 33.6. The van der Waals surface area contributed by atoms with Gasteiger partial charge in [0.05, 0.1) is 18.8 Å². The molecular weight excluding hydrogens is 398 g/mol. The first-order valence-electron chi connectivity index (χ1n) is 10.5. The van der Waals surface area contributed by atoms with Gasteiger partial charge in [-0.3, -0.25) is 19.4 Å². The molecule has 1 saturated heterocycles. The molecule has 2 aromatic rings. The standard InChI is InChI=1S/C23H25N3O3S/c27-22-20(19-8-4-16-30-19)21(25-9-3-6-17-5-1-2-7-18(17)25)23(28)26(22)11-10-24-12-14-29-15-13-24/h1-2,4-5,7-8,16H,3,6,9-15H2. The molecule has 4 heterocycles. The molecule has 1 aromatic carbocycles. The second-order valence-corrected chi connectivity index (χ2v) is 8.75. The molecule has 0 radical (unpaired) electrons. The van der Waals surface area contributed by atoms with E-state index in [1.54, 1.807) is 0 Å². The minimum Gasteiger partial charge on any atom is -0.379 e. The van der Waals surface area contributed by atoms with Gasteiger partial charge in [-0.2, -0.15) is 0 Å². The number of imide groups is 1. The molecular formula is C23H25N3O3S. The van der Waals surface area contributed by atoms with Crippen LogP contribution in [0.3, 0.4) is 0 Å². The van der Waals surface area contributed by atoms with E-state index in [4.69, 9.17) is 4.74 Å². The monoisotopic (exact) mass is 423 g/mol. The van der Waals surface area contributed by atoms with Crippen LogP contribution in [0.25, 0.3) is 5.57 Å². The number of anilines is 1. The average molecular weight is 424 g/mol. The Morgan fingerprint density at radius 2 is 1.77 bits per heavy atom. The fraction of sp³-hybridized carbons (Fsp3) is 0.391. The maximum Gasteiger partial charge on any atom is 0.278 e. The van der Waals surface area contributed by atoms with E-state index in [1.807, 2.05) is 29.6 Å². The molecule has 0 aliphatic carbocycles. The second kappa shape index (κ2) is 8.34. The molecule has 0 N–H and O–H groups in total. The van der Waals surface area contributed by atoms with Gasteiger partial charge >= 0.3 is 0 Å². The predicted molar refractivity (Wildman–Crippen MR) is 117 cm³/mol. The number of morpholine rings is 1. The summed E-state index contributed by atoms with van der Waals surface area (Å²) in [5.41, 5.74) is 3.36. The maximum absolute atomic E-state index is 13.6. The van der Waals surface area contributed by atoms with Crippen molar-refractivity contribution in [2.45, 2.75) is 12.8 Å². The van der Waals surface area contributed by atoms with E-state index >= 15 is 0 Å². The fourth-order valence-electron chi connectivity index (χ4n) is 4.49. The van der Waals surface area contributed by atoms with Gasteiger partial charge in [0.15, 0.2) is 0 Å². The van der Waals surface area contributed by atoms with Crippen LogP contribution in [-0.4, -0.2) is 67.6 Å². The van der Waals surface area contributed by atoms with E-state index in [2.05, 4.69) is 21.9 Å². The number of fused-ring (bicyclic) bond motifs is 1. The van der Waals surface area contributed by atoms with E-state index < -0.39 is 0 Å². The van der Waals surface area contributed by atoms with Crippen molar-refractivity contribution in [3.8, 4) is 0 Å². The number of nitrogens with zero attached hydrogens (tertiary/aromatic N) is 3. The summed E-state index contributed by atoms with van der Waals surface area (Å²) in [6.07, 6.45) is 1.96. The molecule has 0 unspecified atom stereocenters.